The highest BCUT2D eigenvalue weighted by atomic mass is 32.2. The summed E-state index contributed by atoms with van der Waals surface area (Å²) >= 11 is 1.31. The quantitative estimate of drug-likeness (QED) is 0.770. The van der Waals surface area contributed by atoms with Gasteiger partial charge in [0.05, 0.1) is 28.0 Å². The first-order valence-electron chi connectivity index (χ1n) is 6.32. The molecule has 0 spiro atoms. The average Bonchev–Trinajstić information content (AvgIpc) is 3.10. The summed E-state index contributed by atoms with van der Waals surface area (Å²) in [5.41, 5.74) is 1.65. The van der Waals surface area contributed by atoms with Crippen LogP contribution < -0.4 is 4.72 Å². The van der Waals surface area contributed by atoms with Crippen molar-refractivity contribution in [2.75, 3.05) is 4.72 Å². The molecule has 0 aliphatic heterocycles. The minimum atomic E-state index is -1.54. The molecule has 1 atom stereocenters. The van der Waals surface area contributed by atoms with Crippen LogP contribution in [0, 0.1) is 31.0 Å². The molecule has 0 bridgehead atoms. The largest absolute Gasteiger partial charge is 0.358 e. The molecule has 0 aliphatic rings. The number of nitrogens with one attached hydrogen (secondary N) is 2. The summed E-state index contributed by atoms with van der Waals surface area (Å²) in [6.45, 7) is 3.43. The zero-order valence-corrected chi connectivity index (χ0v) is 13.4. The van der Waals surface area contributed by atoms with E-state index in [1.165, 1.54) is 29.8 Å². The summed E-state index contributed by atoms with van der Waals surface area (Å²) in [4.78, 5) is 6.99. The highest BCUT2D eigenvalue weighted by Gasteiger charge is 2.17. The van der Waals surface area contributed by atoms with Gasteiger partial charge in [0, 0.05) is 17.6 Å². The predicted molar refractivity (Wildman–Crippen MR) is 84.6 cm³/mol. The van der Waals surface area contributed by atoms with Crippen LogP contribution in [0.5, 0.6) is 0 Å². The van der Waals surface area contributed by atoms with Crippen LogP contribution in [-0.2, 0) is 11.0 Å². The fourth-order valence-corrected chi connectivity index (χ4v) is 4.10. The molecule has 0 fully saturated rings. The maximum absolute atomic E-state index is 14.1. The van der Waals surface area contributed by atoms with Gasteiger partial charge in [-0.05, 0) is 19.4 Å². The second kappa shape index (κ2) is 5.51. The second-order valence-electron chi connectivity index (χ2n) is 4.66. The monoisotopic (exact) mass is 334 g/mol. The van der Waals surface area contributed by atoms with Crippen LogP contribution in [0.25, 0.3) is 10.9 Å². The van der Waals surface area contributed by atoms with E-state index in [0.717, 1.165) is 5.01 Å². The van der Waals surface area contributed by atoms with Gasteiger partial charge in [0.25, 0.3) is 0 Å². The van der Waals surface area contributed by atoms with Crippen molar-refractivity contribution in [2.45, 2.75) is 18.1 Å². The molecule has 112 valence electrons. The van der Waals surface area contributed by atoms with Crippen molar-refractivity contribution in [3.8, 4) is 6.07 Å². The Labute approximate surface area is 132 Å². The lowest BCUT2D eigenvalue weighted by Crippen LogP contribution is -2.04. The number of H-pyrrole nitrogens is 1. The molecule has 1 unspecified atom stereocenters. The van der Waals surface area contributed by atoms with Crippen molar-refractivity contribution in [1.82, 2.24) is 9.97 Å². The van der Waals surface area contributed by atoms with E-state index in [9.17, 15) is 8.60 Å². The molecule has 3 aromatic rings. The smallest absolute Gasteiger partial charge is 0.162 e. The van der Waals surface area contributed by atoms with Gasteiger partial charge in [0.2, 0.25) is 0 Å². The molecule has 0 radical (unpaired) electrons. The van der Waals surface area contributed by atoms with E-state index in [1.54, 1.807) is 6.92 Å². The van der Waals surface area contributed by atoms with Crippen molar-refractivity contribution in [3.63, 3.8) is 0 Å². The lowest BCUT2D eigenvalue weighted by Gasteiger charge is -2.08. The van der Waals surface area contributed by atoms with Crippen LogP contribution in [-0.4, -0.2) is 14.2 Å². The van der Waals surface area contributed by atoms with Crippen LogP contribution in [0.2, 0.25) is 0 Å². The van der Waals surface area contributed by atoms with Gasteiger partial charge in [-0.2, -0.15) is 5.26 Å². The molecule has 5 nitrogen and oxygen atoms in total. The van der Waals surface area contributed by atoms with Gasteiger partial charge >= 0.3 is 0 Å². The molecule has 2 aromatic heterocycles. The van der Waals surface area contributed by atoms with E-state index in [-0.39, 0.29) is 0 Å². The molecule has 0 aliphatic carbocycles. The van der Waals surface area contributed by atoms with Gasteiger partial charge in [-0.1, -0.05) is 0 Å². The summed E-state index contributed by atoms with van der Waals surface area (Å²) in [7, 11) is -1.54. The molecule has 0 saturated carbocycles. The fourth-order valence-electron chi connectivity index (χ4n) is 2.20. The maximum Gasteiger partial charge on any atom is 0.162 e. The Morgan fingerprint density at radius 1 is 1.50 bits per heavy atom. The Hall–Kier alpha value is -2.24. The van der Waals surface area contributed by atoms with E-state index >= 15 is 0 Å². The minimum Gasteiger partial charge on any atom is -0.358 e. The number of nitrogens with zero attached hydrogens (tertiary/aromatic N) is 2. The van der Waals surface area contributed by atoms with Gasteiger partial charge in [0.1, 0.15) is 16.1 Å². The number of anilines is 1. The molecule has 3 rings (SSSR count). The van der Waals surface area contributed by atoms with Gasteiger partial charge in [0.15, 0.2) is 11.0 Å². The van der Waals surface area contributed by atoms with Crippen LogP contribution in [0.4, 0.5) is 10.1 Å². The van der Waals surface area contributed by atoms with E-state index < -0.39 is 16.8 Å². The zero-order valence-electron chi connectivity index (χ0n) is 11.7. The van der Waals surface area contributed by atoms with Gasteiger partial charge < -0.3 is 4.98 Å². The first kappa shape index (κ1) is 14.7. The van der Waals surface area contributed by atoms with Crippen molar-refractivity contribution in [3.05, 3.63) is 40.4 Å². The first-order valence-corrected chi connectivity index (χ1v) is 8.29. The van der Waals surface area contributed by atoms with Crippen LogP contribution >= 0.6 is 11.3 Å². The van der Waals surface area contributed by atoms with E-state index in [2.05, 4.69) is 14.7 Å². The zero-order chi connectivity index (χ0) is 15.9. The lowest BCUT2D eigenvalue weighted by atomic mass is 10.1. The van der Waals surface area contributed by atoms with Crippen molar-refractivity contribution < 1.29 is 8.60 Å². The minimum absolute atomic E-state index is 0.351. The maximum atomic E-state index is 14.1. The van der Waals surface area contributed by atoms with E-state index in [1.807, 2.05) is 13.0 Å². The van der Waals surface area contributed by atoms with Crippen LogP contribution in [0.3, 0.4) is 0 Å². The number of aryl methyl sites for hydroxylation is 2. The highest BCUT2D eigenvalue weighted by Crippen LogP contribution is 2.31. The predicted octanol–water partition coefficient (Wildman–Crippen LogP) is 3.39. The normalized spacial score (nSPS) is 12.3. The Morgan fingerprint density at radius 2 is 2.27 bits per heavy atom. The number of rotatable bonds is 3. The van der Waals surface area contributed by atoms with Crippen molar-refractivity contribution in [2.24, 2.45) is 0 Å². The molecule has 22 heavy (non-hydrogen) atoms. The van der Waals surface area contributed by atoms with Crippen molar-refractivity contribution >= 4 is 38.9 Å². The number of aromatic nitrogens is 2. The standard InChI is InChI=1S/C14H11FN4OS2/c1-7-10(15)3-11(14-13(7)9(4-16)5-18-14)19-22(20)12-6-17-8(2)21-12/h3,5-6,18-19H,1-2H3. The number of thiazole rings is 1. The molecule has 1 aromatic carbocycles. The fraction of sp³-hybridized carbons (Fsp3) is 0.143. The Bertz CT molecular complexity index is 938. The third-order valence-electron chi connectivity index (χ3n) is 3.26. The summed E-state index contributed by atoms with van der Waals surface area (Å²) in [5, 5.41) is 10.4. The summed E-state index contributed by atoms with van der Waals surface area (Å²) in [6, 6.07) is 3.30. The summed E-state index contributed by atoms with van der Waals surface area (Å²) in [5.74, 6) is -0.455. The molecule has 8 heteroatoms. The van der Waals surface area contributed by atoms with E-state index in [0.29, 0.717) is 31.9 Å². The Morgan fingerprint density at radius 3 is 2.91 bits per heavy atom. The molecule has 2 N–H and O–H groups in total. The Balaban J connectivity index is 2.08. The number of aromatic amines is 1. The molecule has 2 heterocycles. The van der Waals surface area contributed by atoms with Gasteiger partial charge in [-0.25, -0.2) is 13.6 Å². The SMILES string of the molecule is Cc1ncc(S(=O)Nc2cc(F)c(C)c3c(C#N)c[nH]c23)s1. The number of halogens is 1. The van der Waals surface area contributed by atoms with Crippen molar-refractivity contribution in [1.29, 1.82) is 5.26 Å². The third-order valence-corrected chi connectivity index (χ3v) is 5.55. The highest BCUT2D eigenvalue weighted by molar-refractivity contribution is 7.88. The molecular weight excluding hydrogens is 323 g/mol. The number of hydrogen-bond donors (Lipinski definition) is 2. The second-order valence-corrected chi connectivity index (χ2v) is 7.34. The van der Waals surface area contributed by atoms with Gasteiger partial charge in [-0.3, -0.25) is 4.72 Å². The van der Waals surface area contributed by atoms with Crippen LogP contribution in [0.15, 0.2) is 22.7 Å². The average molecular weight is 334 g/mol. The number of hydrogen-bond acceptors (Lipinski definition) is 4. The first-order chi connectivity index (χ1) is 10.5. The number of benzene rings is 1. The summed E-state index contributed by atoms with van der Waals surface area (Å²) < 4.78 is 29.7. The molecule has 0 amide bonds. The topological polar surface area (TPSA) is 81.6 Å². The Kier molecular flexibility index (Phi) is 3.68. The van der Waals surface area contributed by atoms with Crippen LogP contribution in [0.1, 0.15) is 16.1 Å². The molecular formula is C14H11FN4OS2. The number of fused-ring (bicyclic) bond motifs is 1. The van der Waals surface area contributed by atoms with E-state index in [4.69, 9.17) is 5.26 Å². The molecule has 0 saturated heterocycles. The third kappa shape index (κ3) is 2.38. The van der Waals surface area contributed by atoms with Gasteiger partial charge in [-0.15, -0.1) is 11.3 Å². The summed E-state index contributed by atoms with van der Waals surface area (Å²) in [6.07, 6.45) is 3.04. The number of nitriles is 1. The lowest BCUT2D eigenvalue weighted by molar-refractivity contribution is 0.621.